The third-order valence-corrected chi connectivity index (χ3v) is 4.13. The van der Waals surface area contributed by atoms with E-state index in [0.717, 1.165) is 43.9 Å². The molecule has 0 amide bonds. The third kappa shape index (κ3) is 3.29. The average Bonchev–Trinajstić information content (AvgIpc) is 2.52. The fourth-order valence-electron chi connectivity index (χ4n) is 2.98. The number of rotatable bonds is 3. The van der Waals surface area contributed by atoms with Crippen molar-refractivity contribution in [2.75, 3.05) is 18.0 Å². The van der Waals surface area contributed by atoms with E-state index in [4.69, 9.17) is 0 Å². The molecule has 1 aliphatic rings. The summed E-state index contributed by atoms with van der Waals surface area (Å²) in [4.78, 5) is 17.6. The lowest BCUT2D eigenvalue weighted by molar-refractivity contribution is 0.401. The summed E-state index contributed by atoms with van der Waals surface area (Å²) in [6, 6.07) is 10.6. The van der Waals surface area contributed by atoms with Crippen molar-refractivity contribution in [3.8, 4) is 0 Å². The minimum absolute atomic E-state index is 0.373. The number of nitrogens with one attached hydrogen (secondary N) is 1. The summed E-state index contributed by atoms with van der Waals surface area (Å²) in [6.07, 6.45) is 3.39. The van der Waals surface area contributed by atoms with Crippen LogP contribution in [0.4, 0.5) is 5.82 Å². The molecular weight excluding hydrogens is 264 g/mol. The van der Waals surface area contributed by atoms with Gasteiger partial charge in [0.05, 0.1) is 0 Å². The Hall–Kier alpha value is -2.17. The van der Waals surface area contributed by atoms with Crippen LogP contribution in [0.15, 0.2) is 35.1 Å². The Balaban J connectivity index is 1.62. The van der Waals surface area contributed by atoms with Crippen LogP contribution < -0.4 is 10.6 Å². The number of benzene rings is 1. The quantitative estimate of drug-likeness (QED) is 0.935. The highest BCUT2D eigenvalue weighted by molar-refractivity contribution is 5.41. The smallest absolute Gasteiger partial charge is 0.355 e. The molecule has 0 atom stereocenters. The second-order valence-corrected chi connectivity index (χ2v) is 5.67. The molecule has 0 spiro atoms. The molecule has 0 saturated carbocycles. The molecule has 0 radical (unpaired) electrons. The van der Waals surface area contributed by atoms with Crippen LogP contribution in [-0.4, -0.2) is 28.3 Å². The SMILES string of the molecule is Cc1n[nH]c(=O)nc1N1CCC(Cc2ccccc2)CC1. The predicted molar refractivity (Wildman–Crippen MR) is 82.5 cm³/mol. The van der Waals surface area contributed by atoms with E-state index in [-0.39, 0.29) is 5.69 Å². The molecule has 5 nitrogen and oxygen atoms in total. The number of hydrogen-bond donors (Lipinski definition) is 1. The van der Waals surface area contributed by atoms with Gasteiger partial charge < -0.3 is 4.90 Å². The van der Waals surface area contributed by atoms with Gasteiger partial charge in [0.2, 0.25) is 0 Å². The van der Waals surface area contributed by atoms with Gasteiger partial charge >= 0.3 is 5.69 Å². The number of aromatic amines is 1. The second-order valence-electron chi connectivity index (χ2n) is 5.67. The van der Waals surface area contributed by atoms with Crippen LogP contribution in [0.1, 0.15) is 24.1 Å². The molecule has 1 fully saturated rings. The van der Waals surface area contributed by atoms with E-state index < -0.39 is 0 Å². The van der Waals surface area contributed by atoms with E-state index in [0.29, 0.717) is 5.92 Å². The first kappa shape index (κ1) is 13.8. The number of nitrogens with zero attached hydrogens (tertiary/aromatic N) is 3. The second kappa shape index (κ2) is 6.08. The van der Waals surface area contributed by atoms with Crippen LogP contribution in [0.5, 0.6) is 0 Å². The fourth-order valence-corrected chi connectivity index (χ4v) is 2.98. The molecule has 1 aliphatic heterocycles. The Morgan fingerprint density at radius 2 is 1.95 bits per heavy atom. The summed E-state index contributed by atoms with van der Waals surface area (Å²) in [5, 5.41) is 6.38. The number of anilines is 1. The molecule has 5 heteroatoms. The van der Waals surface area contributed by atoms with Gasteiger partial charge in [-0.2, -0.15) is 10.1 Å². The first-order valence-electron chi connectivity index (χ1n) is 7.44. The van der Waals surface area contributed by atoms with Crippen molar-refractivity contribution in [3.63, 3.8) is 0 Å². The molecule has 0 bridgehead atoms. The topological polar surface area (TPSA) is 61.9 Å². The van der Waals surface area contributed by atoms with E-state index in [2.05, 4.69) is 50.4 Å². The zero-order valence-corrected chi connectivity index (χ0v) is 12.2. The third-order valence-electron chi connectivity index (χ3n) is 4.13. The van der Waals surface area contributed by atoms with Crippen LogP contribution >= 0.6 is 0 Å². The van der Waals surface area contributed by atoms with Gasteiger partial charge in [-0.1, -0.05) is 30.3 Å². The van der Waals surface area contributed by atoms with Gasteiger partial charge in [0.25, 0.3) is 0 Å². The van der Waals surface area contributed by atoms with Crippen molar-refractivity contribution in [3.05, 3.63) is 52.1 Å². The molecule has 1 N–H and O–H groups in total. The molecule has 1 saturated heterocycles. The van der Waals surface area contributed by atoms with Crippen molar-refractivity contribution in [2.24, 2.45) is 5.92 Å². The zero-order valence-electron chi connectivity index (χ0n) is 12.2. The van der Waals surface area contributed by atoms with Crippen LogP contribution in [-0.2, 0) is 6.42 Å². The van der Waals surface area contributed by atoms with E-state index in [1.165, 1.54) is 5.56 Å². The molecule has 110 valence electrons. The number of aryl methyl sites for hydroxylation is 1. The maximum absolute atomic E-state index is 11.3. The maximum atomic E-state index is 11.3. The number of aromatic nitrogens is 3. The lowest BCUT2D eigenvalue weighted by Crippen LogP contribution is -2.36. The van der Waals surface area contributed by atoms with Crippen molar-refractivity contribution in [1.82, 2.24) is 15.2 Å². The lowest BCUT2D eigenvalue weighted by Gasteiger charge is -2.33. The molecule has 0 aliphatic carbocycles. The summed E-state index contributed by atoms with van der Waals surface area (Å²) < 4.78 is 0. The molecule has 2 heterocycles. The van der Waals surface area contributed by atoms with Gasteiger partial charge in [-0.25, -0.2) is 9.89 Å². The van der Waals surface area contributed by atoms with Crippen LogP contribution in [0.3, 0.4) is 0 Å². The first-order valence-corrected chi connectivity index (χ1v) is 7.44. The van der Waals surface area contributed by atoms with Crippen LogP contribution in [0, 0.1) is 12.8 Å². The summed E-state index contributed by atoms with van der Waals surface area (Å²) in [6.45, 7) is 3.77. The van der Waals surface area contributed by atoms with Gasteiger partial charge in [-0.3, -0.25) is 0 Å². The number of hydrogen-bond acceptors (Lipinski definition) is 4. The Labute approximate surface area is 124 Å². The average molecular weight is 284 g/mol. The Morgan fingerprint density at radius 3 is 2.67 bits per heavy atom. The van der Waals surface area contributed by atoms with E-state index in [1.54, 1.807) is 0 Å². The van der Waals surface area contributed by atoms with Gasteiger partial charge in [-0.05, 0) is 37.7 Å². The number of piperidine rings is 1. The van der Waals surface area contributed by atoms with Crippen molar-refractivity contribution in [1.29, 1.82) is 0 Å². The molecule has 1 aromatic heterocycles. The largest absolute Gasteiger partial charge is 0.363 e. The van der Waals surface area contributed by atoms with Crippen molar-refractivity contribution < 1.29 is 0 Å². The molecule has 1 aromatic carbocycles. The van der Waals surface area contributed by atoms with Crippen molar-refractivity contribution in [2.45, 2.75) is 26.2 Å². The zero-order chi connectivity index (χ0) is 14.7. The standard InChI is InChI=1S/C16H20N4O/c1-12-15(17-16(21)19-18-12)20-9-7-14(8-10-20)11-13-5-3-2-4-6-13/h2-6,14H,7-11H2,1H3,(H,17,19,21). The molecule has 21 heavy (non-hydrogen) atoms. The first-order chi connectivity index (χ1) is 10.2. The molecular formula is C16H20N4O. The monoisotopic (exact) mass is 284 g/mol. The highest BCUT2D eigenvalue weighted by atomic mass is 16.1. The fraction of sp³-hybridized carbons (Fsp3) is 0.438. The summed E-state index contributed by atoms with van der Waals surface area (Å²) in [5.41, 5.74) is 1.82. The Morgan fingerprint density at radius 1 is 1.24 bits per heavy atom. The molecule has 2 aromatic rings. The molecule has 0 unspecified atom stereocenters. The van der Waals surface area contributed by atoms with Gasteiger partial charge in [0.15, 0.2) is 5.82 Å². The van der Waals surface area contributed by atoms with Gasteiger partial charge in [0.1, 0.15) is 5.69 Å². The number of H-pyrrole nitrogens is 1. The minimum Gasteiger partial charge on any atom is -0.355 e. The van der Waals surface area contributed by atoms with Crippen LogP contribution in [0.2, 0.25) is 0 Å². The summed E-state index contributed by atoms with van der Waals surface area (Å²) >= 11 is 0. The normalized spacial score (nSPS) is 16.1. The summed E-state index contributed by atoms with van der Waals surface area (Å²) in [7, 11) is 0. The van der Waals surface area contributed by atoms with Crippen LogP contribution in [0.25, 0.3) is 0 Å². The van der Waals surface area contributed by atoms with Gasteiger partial charge in [0, 0.05) is 13.1 Å². The highest BCUT2D eigenvalue weighted by Gasteiger charge is 2.22. The lowest BCUT2D eigenvalue weighted by atomic mass is 9.90. The molecule has 3 rings (SSSR count). The van der Waals surface area contributed by atoms with Gasteiger partial charge in [-0.15, -0.1) is 0 Å². The van der Waals surface area contributed by atoms with E-state index in [1.807, 2.05) is 6.92 Å². The Kier molecular flexibility index (Phi) is 3.99. The van der Waals surface area contributed by atoms with E-state index >= 15 is 0 Å². The van der Waals surface area contributed by atoms with E-state index in [9.17, 15) is 4.79 Å². The predicted octanol–water partition coefficient (Wildman–Crippen LogP) is 1.93. The Bertz CT molecular complexity index is 645. The highest BCUT2D eigenvalue weighted by Crippen LogP contribution is 2.25. The maximum Gasteiger partial charge on any atom is 0.363 e. The van der Waals surface area contributed by atoms with Crippen molar-refractivity contribution >= 4 is 5.82 Å². The summed E-state index contributed by atoms with van der Waals surface area (Å²) in [5.74, 6) is 1.44. The minimum atomic E-state index is -0.373.